The summed E-state index contributed by atoms with van der Waals surface area (Å²) >= 11 is 0. The molecule has 0 bridgehead atoms. The molecule has 1 unspecified atom stereocenters. The number of hydrogen-bond donors (Lipinski definition) is 1. The topological polar surface area (TPSA) is 35.2 Å². The van der Waals surface area contributed by atoms with Crippen LogP contribution in [-0.2, 0) is 4.74 Å². The van der Waals surface area contributed by atoms with Crippen molar-refractivity contribution in [1.82, 2.24) is 0 Å². The van der Waals surface area contributed by atoms with Gasteiger partial charge in [0.2, 0.25) is 0 Å². The van der Waals surface area contributed by atoms with E-state index in [1.165, 1.54) is 0 Å². The summed E-state index contributed by atoms with van der Waals surface area (Å²) in [6.45, 7) is 5.62. The van der Waals surface area contributed by atoms with Gasteiger partial charge < -0.3 is 10.5 Å². The molecule has 0 fully saturated rings. The highest BCUT2D eigenvalue weighted by Crippen LogP contribution is 2.20. The smallest absolute Gasteiger partial charge is 0.379 e. The van der Waals surface area contributed by atoms with Crippen LogP contribution in [0, 0.1) is 5.41 Å². The van der Waals surface area contributed by atoms with Gasteiger partial charge in [-0.05, 0) is 5.41 Å². The maximum Gasteiger partial charge on any atom is 0.391 e. The highest BCUT2D eigenvalue weighted by Gasteiger charge is 2.27. The van der Waals surface area contributed by atoms with Crippen LogP contribution in [0.2, 0.25) is 0 Å². The van der Waals surface area contributed by atoms with Crippen molar-refractivity contribution in [2.24, 2.45) is 11.1 Å². The van der Waals surface area contributed by atoms with Crippen LogP contribution in [-0.4, -0.2) is 25.4 Å². The van der Waals surface area contributed by atoms with E-state index in [1.54, 1.807) is 0 Å². The molecule has 0 radical (unpaired) electrons. The Hall–Kier alpha value is -0.290. The third-order valence-electron chi connectivity index (χ3n) is 1.94. The quantitative estimate of drug-likeness (QED) is 0.727. The third-order valence-corrected chi connectivity index (χ3v) is 1.94. The van der Waals surface area contributed by atoms with Crippen molar-refractivity contribution >= 4 is 0 Å². The molecule has 1 atom stereocenters. The molecule has 5 heteroatoms. The fraction of sp³-hybridized carbons (Fsp3) is 1.00. The number of halogens is 3. The van der Waals surface area contributed by atoms with Crippen molar-refractivity contribution in [3.8, 4) is 0 Å². The molecule has 0 aromatic carbocycles. The van der Waals surface area contributed by atoms with Crippen molar-refractivity contribution in [2.75, 3.05) is 13.2 Å². The summed E-state index contributed by atoms with van der Waals surface area (Å²) in [6.07, 6.45) is -5.06. The van der Waals surface area contributed by atoms with E-state index in [1.807, 2.05) is 20.8 Å². The summed E-state index contributed by atoms with van der Waals surface area (Å²) in [4.78, 5) is 0. The Kier molecular flexibility index (Phi) is 4.88. The van der Waals surface area contributed by atoms with E-state index in [-0.39, 0.29) is 24.7 Å². The fourth-order valence-corrected chi connectivity index (χ4v) is 0.648. The standard InChI is InChI=1S/C9H18F3NO/c1-8(2,3)7(13)6-14-5-4-9(10,11)12/h7H,4-6,13H2,1-3H3. The van der Waals surface area contributed by atoms with Gasteiger partial charge in [-0.2, -0.15) is 13.2 Å². The lowest BCUT2D eigenvalue weighted by Gasteiger charge is -2.26. The fourth-order valence-electron chi connectivity index (χ4n) is 0.648. The van der Waals surface area contributed by atoms with Crippen molar-refractivity contribution < 1.29 is 17.9 Å². The lowest BCUT2D eigenvalue weighted by molar-refractivity contribution is -0.145. The van der Waals surface area contributed by atoms with Gasteiger partial charge in [-0.15, -0.1) is 0 Å². The van der Waals surface area contributed by atoms with Gasteiger partial charge in [0, 0.05) is 6.04 Å². The number of hydrogen-bond acceptors (Lipinski definition) is 2. The zero-order chi connectivity index (χ0) is 11.4. The van der Waals surface area contributed by atoms with Crippen LogP contribution in [0.1, 0.15) is 27.2 Å². The summed E-state index contributed by atoms with van der Waals surface area (Å²) < 4.78 is 40.0. The van der Waals surface area contributed by atoms with E-state index < -0.39 is 12.6 Å². The highest BCUT2D eigenvalue weighted by atomic mass is 19.4. The molecular formula is C9H18F3NO. The molecule has 14 heavy (non-hydrogen) atoms. The molecule has 0 rings (SSSR count). The minimum atomic E-state index is -4.15. The van der Waals surface area contributed by atoms with Crippen molar-refractivity contribution in [3.05, 3.63) is 0 Å². The average Bonchev–Trinajstić information content (AvgIpc) is 1.93. The summed E-state index contributed by atoms with van der Waals surface area (Å²) in [7, 11) is 0. The van der Waals surface area contributed by atoms with Crippen LogP contribution in [0.3, 0.4) is 0 Å². The van der Waals surface area contributed by atoms with Crippen LogP contribution >= 0.6 is 0 Å². The van der Waals surface area contributed by atoms with Crippen LogP contribution in [0.4, 0.5) is 13.2 Å². The lowest BCUT2D eigenvalue weighted by Crippen LogP contribution is -2.39. The van der Waals surface area contributed by atoms with E-state index in [4.69, 9.17) is 10.5 Å². The van der Waals surface area contributed by atoms with Crippen LogP contribution < -0.4 is 5.73 Å². The molecule has 0 spiro atoms. The highest BCUT2D eigenvalue weighted by molar-refractivity contribution is 4.76. The molecule has 0 saturated heterocycles. The summed E-state index contributed by atoms with van der Waals surface area (Å²) in [5, 5.41) is 0. The van der Waals surface area contributed by atoms with Gasteiger partial charge >= 0.3 is 6.18 Å². The molecule has 2 nitrogen and oxygen atoms in total. The summed E-state index contributed by atoms with van der Waals surface area (Å²) in [5.41, 5.74) is 5.55. The Morgan fingerprint density at radius 1 is 1.21 bits per heavy atom. The predicted octanol–water partition coefficient (Wildman–Crippen LogP) is 2.33. The molecule has 0 heterocycles. The molecule has 86 valence electrons. The first kappa shape index (κ1) is 13.7. The number of rotatable bonds is 4. The summed E-state index contributed by atoms with van der Waals surface area (Å²) in [6, 6.07) is -0.240. The predicted molar refractivity (Wildman–Crippen MR) is 48.9 cm³/mol. The minimum absolute atomic E-state index is 0.141. The molecule has 0 amide bonds. The molecular weight excluding hydrogens is 195 g/mol. The van der Waals surface area contributed by atoms with E-state index in [0.29, 0.717) is 0 Å². The van der Waals surface area contributed by atoms with Gasteiger partial charge in [-0.1, -0.05) is 20.8 Å². The molecule has 0 aliphatic rings. The molecule has 0 aromatic rings. The van der Waals surface area contributed by atoms with Crippen LogP contribution in [0.5, 0.6) is 0 Å². The van der Waals surface area contributed by atoms with Gasteiger partial charge in [0.05, 0.1) is 19.6 Å². The first-order valence-corrected chi connectivity index (χ1v) is 4.53. The first-order chi connectivity index (χ1) is 6.13. The third kappa shape index (κ3) is 7.15. The Balaban J connectivity index is 3.56. The molecule has 0 aromatic heterocycles. The van der Waals surface area contributed by atoms with Gasteiger partial charge in [0.1, 0.15) is 0 Å². The zero-order valence-electron chi connectivity index (χ0n) is 8.82. The van der Waals surface area contributed by atoms with E-state index in [2.05, 4.69) is 0 Å². The second-order valence-corrected chi connectivity index (χ2v) is 4.41. The second-order valence-electron chi connectivity index (χ2n) is 4.41. The van der Waals surface area contributed by atoms with E-state index in [0.717, 1.165) is 0 Å². The maximum absolute atomic E-state index is 11.7. The lowest BCUT2D eigenvalue weighted by atomic mass is 9.88. The Morgan fingerprint density at radius 3 is 2.07 bits per heavy atom. The SMILES string of the molecule is CC(C)(C)C(N)COCCC(F)(F)F. The summed E-state index contributed by atoms with van der Waals surface area (Å²) in [5.74, 6) is 0. The van der Waals surface area contributed by atoms with Crippen LogP contribution in [0.15, 0.2) is 0 Å². The largest absolute Gasteiger partial charge is 0.391 e. The maximum atomic E-state index is 11.7. The van der Waals surface area contributed by atoms with Crippen molar-refractivity contribution in [1.29, 1.82) is 0 Å². The Bertz CT molecular complexity index is 162. The van der Waals surface area contributed by atoms with Gasteiger partial charge in [-0.3, -0.25) is 0 Å². The van der Waals surface area contributed by atoms with Crippen LogP contribution in [0.25, 0.3) is 0 Å². The van der Waals surface area contributed by atoms with Gasteiger partial charge in [-0.25, -0.2) is 0 Å². The second kappa shape index (κ2) is 4.98. The van der Waals surface area contributed by atoms with E-state index >= 15 is 0 Å². The molecule has 0 aliphatic carbocycles. The minimum Gasteiger partial charge on any atom is -0.379 e. The normalized spacial score (nSPS) is 15.6. The monoisotopic (exact) mass is 213 g/mol. The van der Waals surface area contributed by atoms with Gasteiger partial charge in [0.15, 0.2) is 0 Å². The Morgan fingerprint density at radius 2 is 1.71 bits per heavy atom. The number of alkyl halides is 3. The number of nitrogens with two attached hydrogens (primary N) is 1. The number of ether oxygens (including phenoxy) is 1. The molecule has 2 N–H and O–H groups in total. The Labute approximate surface area is 82.6 Å². The van der Waals surface area contributed by atoms with E-state index in [9.17, 15) is 13.2 Å². The zero-order valence-corrected chi connectivity index (χ0v) is 8.82. The molecule has 0 aliphatic heterocycles. The average molecular weight is 213 g/mol. The van der Waals surface area contributed by atoms with Gasteiger partial charge in [0.25, 0.3) is 0 Å². The first-order valence-electron chi connectivity index (χ1n) is 4.53. The molecule has 0 saturated carbocycles. The van der Waals surface area contributed by atoms with Crippen molar-refractivity contribution in [2.45, 2.75) is 39.4 Å². The van der Waals surface area contributed by atoms with Crippen molar-refractivity contribution in [3.63, 3.8) is 0 Å².